The predicted octanol–water partition coefficient (Wildman–Crippen LogP) is 3.76. The lowest BCUT2D eigenvalue weighted by molar-refractivity contribution is 0.198. The van der Waals surface area contributed by atoms with Crippen LogP contribution < -0.4 is 20.1 Å². The summed E-state index contributed by atoms with van der Waals surface area (Å²) in [6.07, 6.45) is 4.81. The van der Waals surface area contributed by atoms with Crippen LogP contribution >= 0.6 is 0 Å². The van der Waals surface area contributed by atoms with Crippen LogP contribution in [-0.2, 0) is 19.5 Å². The second-order valence-corrected chi connectivity index (χ2v) is 8.09. The van der Waals surface area contributed by atoms with Gasteiger partial charge in [0.15, 0.2) is 17.5 Å². The van der Waals surface area contributed by atoms with Gasteiger partial charge in [0.1, 0.15) is 0 Å². The van der Waals surface area contributed by atoms with Gasteiger partial charge in [0, 0.05) is 44.8 Å². The van der Waals surface area contributed by atoms with Gasteiger partial charge in [-0.2, -0.15) is 0 Å². The maximum atomic E-state index is 5.54. The lowest BCUT2D eigenvalue weighted by Gasteiger charge is -2.33. The third kappa shape index (κ3) is 6.50. The molecule has 3 rings (SSSR count). The molecule has 0 spiro atoms. The summed E-state index contributed by atoms with van der Waals surface area (Å²) in [5.41, 5.74) is 3.55. The number of hydrogen-bond donors (Lipinski definition) is 2. The van der Waals surface area contributed by atoms with Crippen LogP contribution in [0.15, 0.2) is 60.1 Å². The van der Waals surface area contributed by atoms with E-state index in [1.807, 2.05) is 19.2 Å². The SMILES string of the molecule is C=CCc1cc(CNC(=NC)NC2CCN(Cc3ccccc3)CC2)cc(OC)c1OC. The van der Waals surface area contributed by atoms with Gasteiger partial charge in [0.2, 0.25) is 0 Å². The number of methoxy groups -OCH3 is 2. The second-order valence-electron chi connectivity index (χ2n) is 8.09. The molecule has 32 heavy (non-hydrogen) atoms. The highest BCUT2D eigenvalue weighted by atomic mass is 16.5. The summed E-state index contributed by atoms with van der Waals surface area (Å²) in [6.45, 7) is 7.70. The molecule has 0 bridgehead atoms. The summed E-state index contributed by atoms with van der Waals surface area (Å²) in [6, 6.07) is 15.3. The zero-order valence-electron chi connectivity index (χ0n) is 19.6. The fourth-order valence-electron chi connectivity index (χ4n) is 4.17. The molecule has 172 valence electrons. The number of allylic oxidation sites excluding steroid dienone is 1. The van der Waals surface area contributed by atoms with Crippen LogP contribution in [0.3, 0.4) is 0 Å². The highest BCUT2D eigenvalue weighted by molar-refractivity contribution is 5.80. The number of ether oxygens (including phenoxy) is 2. The van der Waals surface area contributed by atoms with Crippen molar-refractivity contribution in [2.24, 2.45) is 4.99 Å². The molecule has 0 aromatic heterocycles. The van der Waals surface area contributed by atoms with Crippen molar-refractivity contribution in [2.75, 3.05) is 34.4 Å². The van der Waals surface area contributed by atoms with Gasteiger partial charge in [-0.25, -0.2) is 0 Å². The molecular weight excluding hydrogens is 400 g/mol. The molecule has 0 atom stereocenters. The van der Waals surface area contributed by atoms with Crippen LogP contribution in [0, 0.1) is 0 Å². The Hall–Kier alpha value is -2.99. The lowest BCUT2D eigenvalue weighted by atomic mass is 10.0. The molecule has 1 fully saturated rings. The van der Waals surface area contributed by atoms with Crippen molar-refractivity contribution < 1.29 is 9.47 Å². The number of guanidine groups is 1. The number of likely N-dealkylation sites (tertiary alicyclic amines) is 1. The average molecular weight is 437 g/mol. The largest absolute Gasteiger partial charge is 0.493 e. The number of rotatable bonds is 9. The number of benzene rings is 2. The van der Waals surface area contributed by atoms with E-state index in [0.717, 1.165) is 67.5 Å². The van der Waals surface area contributed by atoms with Crippen molar-refractivity contribution in [3.63, 3.8) is 0 Å². The van der Waals surface area contributed by atoms with Gasteiger partial charge in [-0.1, -0.05) is 36.4 Å². The minimum Gasteiger partial charge on any atom is -0.493 e. The Bertz CT molecular complexity index is 890. The molecule has 0 amide bonds. The van der Waals surface area contributed by atoms with Crippen LogP contribution in [0.2, 0.25) is 0 Å². The van der Waals surface area contributed by atoms with Crippen LogP contribution in [0.25, 0.3) is 0 Å². The molecule has 2 aromatic rings. The van der Waals surface area contributed by atoms with Crippen LogP contribution in [0.1, 0.15) is 29.5 Å². The lowest BCUT2D eigenvalue weighted by Crippen LogP contribution is -2.48. The van der Waals surface area contributed by atoms with E-state index in [1.165, 1.54) is 5.56 Å². The van der Waals surface area contributed by atoms with Crippen molar-refractivity contribution >= 4 is 5.96 Å². The van der Waals surface area contributed by atoms with Gasteiger partial charge in [-0.3, -0.25) is 9.89 Å². The monoisotopic (exact) mass is 436 g/mol. The first-order valence-corrected chi connectivity index (χ1v) is 11.2. The van der Waals surface area contributed by atoms with E-state index in [2.05, 4.69) is 63.5 Å². The molecule has 0 saturated carbocycles. The fourth-order valence-corrected chi connectivity index (χ4v) is 4.17. The number of piperidine rings is 1. The molecule has 0 radical (unpaired) electrons. The Morgan fingerprint density at radius 1 is 1.12 bits per heavy atom. The normalized spacial score (nSPS) is 15.3. The minimum atomic E-state index is 0.426. The van der Waals surface area contributed by atoms with Crippen molar-refractivity contribution in [2.45, 2.75) is 38.4 Å². The van der Waals surface area contributed by atoms with Crippen LogP contribution in [0.4, 0.5) is 0 Å². The van der Waals surface area contributed by atoms with Gasteiger partial charge in [-0.15, -0.1) is 6.58 Å². The van der Waals surface area contributed by atoms with Gasteiger partial charge in [0.05, 0.1) is 14.2 Å². The molecule has 1 saturated heterocycles. The summed E-state index contributed by atoms with van der Waals surface area (Å²) in [5, 5.41) is 7.04. The van der Waals surface area contributed by atoms with E-state index in [1.54, 1.807) is 14.2 Å². The summed E-state index contributed by atoms with van der Waals surface area (Å²) < 4.78 is 11.1. The van der Waals surface area contributed by atoms with Crippen LogP contribution in [-0.4, -0.2) is 51.3 Å². The van der Waals surface area contributed by atoms with Gasteiger partial charge >= 0.3 is 0 Å². The highest BCUT2D eigenvalue weighted by Gasteiger charge is 2.20. The van der Waals surface area contributed by atoms with Gasteiger partial charge in [0.25, 0.3) is 0 Å². The first-order chi connectivity index (χ1) is 15.7. The van der Waals surface area contributed by atoms with E-state index in [0.29, 0.717) is 12.6 Å². The Balaban J connectivity index is 1.52. The van der Waals surface area contributed by atoms with Gasteiger partial charge < -0.3 is 20.1 Å². The molecule has 1 aliphatic heterocycles. The Morgan fingerprint density at radius 2 is 1.88 bits per heavy atom. The molecule has 1 aliphatic rings. The first-order valence-electron chi connectivity index (χ1n) is 11.2. The maximum Gasteiger partial charge on any atom is 0.191 e. The molecule has 0 unspecified atom stereocenters. The predicted molar refractivity (Wildman–Crippen MR) is 132 cm³/mol. The van der Waals surface area contributed by atoms with Crippen molar-refractivity contribution in [3.8, 4) is 11.5 Å². The third-order valence-electron chi connectivity index (χ3n) is 5.84. The third-order valence-corrected chi connectivity index (χ3v) is 5.84. The quantitative estimate of drug-likeness (QED) is 0.356. The maximum absolute atomic E-state index is 5.54. The van der Waals surface area contributed by atoms with E-state index in [9.17, 15) is 0 Å². The smallest absolute Gasteiger partial charge is 0.191 e. The Labute approximate surface area is 192 Å². The molecule has 2 N–H and O–H groups in total. The van der Waals surface area contributed by atoms with Crippen LogP contribution in [0.5, 0.6) is 11.5 Å². The zero-order valence-corrected chi connectivity index (χ0v) is 19.6. The van der Waals surface area contributed by atoms with Gasteiger partial charge in [-0.05, 0) is 42.5 Å². The topological polar surface area (TPSA) is 58.1 Å². The Morgan fingerprint density at radius 3 is 2.50 bits per heavy atom. The molecular formula is C26H36N4O2. The Kier molecular flexibility index (Phi) is 8.99. The number of hydrogen-bond acceptors (Lipinski definition) is 4. The summed E-state index contributed by atoms with van der Waals surface area (Å²) in [5.74, 6) is 2.32. The molecule has 6 nitrogen and oxygen atoms in total. The van der Waals surface area contributed by atoms with E-state index < -0.39 is 0 Å². The fraction of sp³-hybridized carbons (Fsp3) is 0.423. The standard InChI is InChI=1S/C26H36N4O2/c1-5-9-22-16-21(17-24(31-3)25(22)32-4)18-28-26(27-2)29-23-12-14-30(15-13-23)19-20-10-7-6-8-11-20/h5-8,10-11,16-17,23H,1,9,12-15,18-19H2,2-4H3,(H2,27,28,29). The molecule has 2 aromatic carbocycles. The molecule has 6 heteroatoms. The minimum absolute atomic E-state index is 0.426. The highest BCUT2D eigenvalue weighted by Crippen LogP contribution is 2.33. The first kappa shape index (κ1) is 23.7. The second kappa shape index (κ2) is 12.2. The van der Waals surface area contributed by atoms with Crippen molar-refractivity contribution in [1.82, 2.24) is 15.5 Å². The van der Waals surface area contributed by atoms with E-state index in [-0.39, 0.29) is 0 Å². The zero-order chi connectivity index (χ0) is 22.8. The summed E-state index contributed by atoms with van der Waals surface area (Å²) in [7, 11) is 5.15. The van der Waals surface area contributed by atoms with E-state index in [4.69, 9.17) is 9.47 Å². The van der Waals surface area contributed by atoms with Crippen molar-refractivity contribution in [3.05, 3.63) is 71.8 Å². The number of nitrogens with zero attached hydrogens (tertiary/aromatic N) is 2. The summed E-state index contributed by atoms with van der Waals surface area (Å²) in [4.78, 5) is 6.95. The van der Waals surface area contributed by atoms with E-state index >= 15 is 0 Å². The number of aliphatic imine (C=N–C) groups is 1. The number of nitrogens with one attached hydrogen (secondary N) is 2. The molecule has 0 aliphatic carbocycles. The average Bonchev–Trinajstić information content (AvgIpc) is 2.83. The summed E-state index contributed by atoms with van der Waals surface area (Å²) >= 11 is 0. The van der Waals surface area contributed by atoms with Crippen molar-refractivity contribution in [1.29, 1.82) is 0 Å². The molecule has 1 heterocycles.